The first-order valence-electron chi connectivity index (χ1n) is 25.3. The Labute approximate surface area is 407 Å². The highest BCUT2D eigenvalue weighted by molar-refractivity contribution is 7.01. The summed E-state index contributed by atoms with van der Waals surface area (Å²) in [6.45, 7) is 35.2. The molecule has 11 aromatic rings. The van der Waals surface area contributed by atoms with Crippen LogP contribution in [0, 0.1) is 0 Å². The predicted octanol–water partition coefficient (Wildman–Crippen LogP) is 15.8. The minimum Gasteiger partial charge on any atom is -0.439 e. The van der Waals surface area contributed by atoms with E-state index in [9.17, 15) is 0 Å². The Hall–Kier alpha value is -6.46. The first kappa shape index (κ1) is 42.6. The van der Waals surface area contributed by atoms with Gasteiger partial charge in [-0.3, -0.25) is 4.40 Å². The van der Waals surface area contributed by atoms with E-state index in [1.54, 1.807) is 0 Å². The monoisotopic (exact) mass is 902 g/mol. The summed E-state index contributed by atoms with van der Waals surface area (Å²) >= 11 is 0. The van der Waals surface area contributed by atoms with Gasteiger partial charge in [-0.2, -0.15) is 0 Å². The smallest absolute Gasteiger partial charge is 0.252 e. The number of aromatic nitrogens is 2. The van der Waals surface area contributed by atoms with Crippen LogP contribution in [0.15, 0.2) is 120 Å². The Kier molecular flexibility index (Phi) is 8.18. The van der Waals surface area contributed by atoms with Gasteiger partial charge in [0.1, 0.15) is 5.58 Å². The summed E-state index contributed by atoms with van der Waals surface area (Å²) in [5.74, 6) is 0. The number of hydrogen-bond donors (Lipinski definition) is 0. The number of fused-ring (bicyclic) bond motifs is 17. The molecule has 0 spiro atoms. The third-order valence-electron chi connectivity index (χ3n) is 16.2. The van der Waals surface area contributed by atoms with Crippen molar-refractivity contribution in [2.75, 3.05) is 4.90 Å². The highest BCUT2D eigenvalue weighted by Gasteiger charge is 2.47. The van der Waals surface area contributed by atoms with E-state index in [4.69, 9.17) is 4.42 Å². The summed E-state index contributed by atoms with van der Waals surface area (Å²) in [5, 5.41) is 8.81. The Morgan fingerprint density at radius 3 is 1.62 bits per heavy atom. The lowest BCUT2D eigenvalue weighted by molar-refractivity contribution is 0.590. The molecular formula is C64H64BN3O. The minimum absolute atomic E-state index is 0.0132. The van der Waals surface area contributed by atoms with Crippen LogP contribution in [-0.4, -0.2) is 15.7 Å². The fraction of sp³-hybridized carbons (Fsp3) is 0.312. The molecule has 0 atom stereocenters. The fourth-order valence-corrected chi connectivity index (χ4v) is 12.3. The number of benzene rings is 7. The highest BCUT2D eigenvalue weighted by atomic mass is 16.3. The van der Waals surface area contributed by atoms with Crippen LogP contribution in [-0.2, 0) is 27.1 Å². The molecule has 0 bridgehead atoms. The average molecular weight is 902 g/mol. The van der Waals surface area contributed by atoms with Crippen molar-refractivity contribution in [3.63, 3.8) is 0 Å². The van der Waals surface area contributed by atoms with Gasteiger partial charge in [-0.25, -0.2) is 0 Å². The van der Waals surface area contributed by atoms with E-state index in [0.717, 1.165) is 16.7 Å². The molecule has 4 nitrogen and oxygen atoms in total. The Morgan fingerprint density at radius 2 is 0.971 bits per heavy atom. The number of nitrogens with zero attached hydrogens (tertiary/aromatic N) is 3. The molecule has 0 saturated carbocycles. The van der Waals surface area contributed by atoms with E-state index in [2.05, 4.69) is 233 Å². The number of rotatable bonds is 1. The van der Waals surface area contributed by atoms with Gasteiger partial charge in [0.2, 0.25) is 5.71 Å². The van der Waals surface area contributed by atoms with E-state index in [-0.39, 0.29) is 33.8 Å². The van der Waals surface area contributed by atoms with Crippen LogP contribution in [0.3, 0.4) is 0 Å². The van der Waals surface area contributed by atoms with E-state index in [0.29, 0.717) is 0 Å². The topological polar surface area (TPSA) is 25.7 Å². The molecule has 2 aliphatic rings. The van der Waals surface area contributed by atoms with Gasteiger partial charge < -0.3 is 13.9 Å². The summed E-state index contributed by atoms with van der Waals surface area (Å²) < 4.78 is 12.4. The summed E-state index contributed by atoms with van der Waals surface area (Å²) in [5.41, 5.74) is 22.3. The van der Waals surface area contributed by atoms with Crippen LogP contribution in [0.4, 0.5) is 17.1 Å². The van der Waals surface area contributed by atoms with Gasteiger partial charge in [0.05, 0.1) is 33.3 Å². The van der Waals surface area contributed by atoms with E-state index in [1.807, 2.05) is 0 Å². The van der Waals surface area contributed by atoms with Crippen LogP contribution < -0.4 is 21.3 Å². The van der Waals surface area contributed by atoms with Crippen molar-refractivity contribution >= 4 is 111 Å². The van der Waals surface area contributed by atoms with Gasteiger partial charge in [0.25, 0.3) is 6.71 Å². The molecule has 0 radical (unpaired) electrons. The van der Waals surface area contributed by atoms with Crippen LogP contribution in [0.5, 0.6) is 0 Å². The Balaban J connectivity index is 1.35. The van der Waals surface area contributed by atoms with Crippen LogP contribution in [0.1, 0.15) is 132 Å². The largest absolute Gasteiger partial charge is 0.439 e. The first-order valence-corrected chi connectivity index (χ1v) is 25.3. The zero-order valence-corrected chi connectivity index (χ0v) is 43.3. The molecule has 2 aliphatic heterocycles. The van der Waals surface area contributed by atoms with E-state index in [1.165, 1.54) is 121 Å². The molecule has 6 heterocycles. The van der Waals surface area contributed by atoms with E-state index < -0.39 is 0 Å². The zero-order valence-electron chi connectivity index (χ0n) is 43.3. The molecule has 344 valence electrons. The van der Waals surface area contributed by atoms with Crippen molar-refractivity contribution < 1.29 is 4.42 Å². The minimum atomic E-state index is -0.0884. The van der Waals surface area contributed by atoms with Crippen molar-refractivity contribution in [3.05, 3.63) is 143 Å². The second kappa shape index (κ2) is 13.2. The van der Waals surface area contributed by atoms with Gasteiger partial charge in [0, 0.05) is 49.2 Å². The third-order valence-corrected chi connectivity index (χ3v) is 16.2. The van der Waals surface area contributed by atoms with Gasteiger partial charge >= 0.3 is 0 Å². The Morgan fingerprint density at radius 1 is 0.420 bits per heavy atom. The zero-order chi connectivity index (χ0) is 48.4. The summed E-state index contributed by atoms with van der Waals surface area (Å²) in [7, 11) is 0. The molecule has 69 heavy (non-hydrogen) atoms. The fourth-order valence-electron chi connectivity index (χ4n) is 12.3. The van der Waals surface area contributed by atoms with E-state index >= 15 is 0 Å². The quantitative estimate of drug-likeness (QED) is 0.153. The molecule has 7 aromatic carbocycles. The Bertz CT molecular complexity index is 4020. The van der Waals surface area contributed by atoms with Crippen LogP contribution >= 0.6 is 0 Å². The van der Waals surface area contributed by atoms with Crippen molar-refractivity contribution in [1.82, 2.24) is 8.97 Å². The molecule has 0 fully saturated rings. The van der Waals surface area contributed by atoms with Crippen LogP contribution in [0.25, 0.3) is 76.8 Å². The molecule has 4 aromatic heterocycles. The average Bonchev–Trinajstić information content (AvgIpc) is 4.01. The maximum Gasteiger partial charge on any atom is 0.252 e. The number of para-hydroxylation sites is 1. The lowest BCUT2D eigenvalue weighted by Gasteiger charge is -2.42. The highest BCUT2D eigenvalue weighted by Crippen LogP contribution is 2.54. The standard InChI is InChI=1S/C64H64BN3O/c1-60(2,3)35-20-25-40(26-21-35)66-49-29-24-38(63(10,11)12)33-45(49)65-46-34-39(64(13,14)15)32-43-42-30-36(61(4,5)6)22-27-47(42)67(55(43)46)58-53-51-41-18-16-17-19-50(41)69-59(51)68-48-28-23-37(62(7,8)9)31-44(48)52(56(53)68)57(66)54(58)65/h16-34H,1-15H3. The normalized spacial score (nSPS) is 14.5. The van der Waals surface area contributed by atoms with Crippen molar-refractivity contribution in [2.45, 2.75) is 131 Å². The molecule has 0 aliphatic carbocycles. The summed E-state index contributed by atoms with van der Waals surface area (Å²) in [6.07, 6.45) is 0. The van der Waals surface area contributed by atoms with Gasteiger partial charge in [-0.05, 0) is 126 Å². The van der Waals surface area contributed by atoms with Crippen LogP contribution in [0.2, 0.25) is 0 Å². The molecule has 13 rings (SSSR count). The van der Waals surface area contributed by atoms with Gasteiger partial charge in [-0.15, -0.1) is 0 Å². The molecule has 0 amide bonds. The maximum absolute atomic E-state index is 7.18. The lowest BCUT2D eigenvalue weighted by atomic mass is 9.33. The molecule has 0 N–H and O–H groups in total. The summed E-state index contributed by atoms with van der Waals surface area (Å²) in [6, 6.07) is 45.4. The SMILES string of the molecule is CC(C)(C)c1ccc(N2c3ccc(C(C)(C)C)cc3B3c4c2c2c5cc(C(C)(C)C)ccc5n5c6oc7ccccc7c6c(c4-n4c6ccc(C(C)(C)C)cc6c6cc(C(C)(C)C)cc3c64)c25)cc1. The first-order chi connectivity index (χ1) is 32.4. The molecule has 5 heteroatoms. The summed E-state index contributed by atoms with van der Waals surface area (Å²) in [4.78, 5) is 2.66. The second-order valence-electron chi connectivity index (χ2n) is 25.9. The predicted molar refractivity (Wildman–Crippen MR) is 298 cm³/mol. The number of anilines is 3. The lowest BCUT2D eigenvalue weighted by Crippen LogP contribution is -2.61. The number of hydrogen-bond acceptors (Lipinski definition) is 2. The number of furan rings is 1. The van der Waals surface area contributed by atoms with Gasteiger partial charge in [0.15, 0.2) is 0 Å². The van der Waals surface area contributed by atoms with Gasteiger partial charge in [-0.1, -0.05) is 165 Å². The molecule has 0 unspecified atom stereocenters. The molecular weight excluding hydrogens is 838 g/mol. The van der Waals surface area contributed by atoms with Crippen molar-refractivity contribution in [1.29, 1.82) is 0 Å². The molecule has 0 saturated heterocycles. The van der Waals surface area contributed by atoms with Crippen molar-refractivity contribution in [2.24, 2.45) is 0 Å². The van der Waals surface area contributed by atoms with Crippen molar-refractivity contribution in [3.8, 4) is 5.69 Å². The second-order valence-corrected chi connectivity index (χ2v) is 25.9. The maximum atomic E-state index is 7.18. The third kappa shape index (κ3) is 5.71.